The van der Waals surface area contributed by atoms with E-state index in [1.54, 1.807) is 7.05 Å². The summed E-state index contributed by atoms with van der Waals surface area (Å²) in [6.45, 7) is -0.262. The van der Waals surface area contributed by atoms with Gasteiger partial charge in [0.15, 0.2) is 0 Å². The minimum Gasteiger partial charge on any atom is -0.394 e. The number of rotatable bonds is 6. The van der Waals surface area contributed by atoms with E-state index in [2.05, 4.69) is 4.72 Å². The van der Waals surface area contributed by atoms with Crippen LogP contribution in [0.4, 0.5) is 0 Å². The number of hydrogen-bond donors (Lipinski definition) is 2. The van der Waals surface area contributed by atoms with Gasteiger partial charge in [-0.25, -0.2) is 0 Å². The molecule has 1 aromatic rings. The highest BCUT2D eigenvalue weighted by Gasteiger charge is 2.29. The average Bonchev–Trinajstić information content (AvgIpc) is 2.53. The van der Waals surface area contributed by atoms with Crippen molar-refractivity contribution in [2.75, 3.05) is 13.7 Å². The Morgan fingerprint density at radius 3 is 2.43 bits per heavy atom. The number of aliphatic hydroxyl groups excluding tert-OH is 1. The Balaban J connectivity index is 2.08. The molecule has 0 aromatic heterocycles. The molecule has 118 valence electrons. The molecule has 0 amide bonds. The topological polar surface area (TPSA) is 69.6 Å². The Bertz CT molecular complexity index is 527. The molecule has 5 nitrogen and oxygen atoms in total. The van der Waals surface area contributed by atoms with E-state index in [1.165, 1.54) is 10.7 Å². The first-order chi connectivity index (χ1) is 10.0. The number of nitrogens with zero attached hydrogens (tertiary/aromatic N) is 1. The Kier molecular flexibility index (Phi) is 5.75. The van der Waals surface area contributed by atoms with Crippen molar-refractivity contribution in [3.05, 3.63) is 35.9 Å². The zero-order chi connectivity index (χ0) is 15.3. The van der Waals surface area contributed by atoms with Gasteiger partial charge in [-0.2, -0.15) is 17.4 Å². The van der Waals surface area contributed by atoms with Crippen LogP contribution >= 0.6 is 0 Å². The minimum absolute atomic E-state index is 0.0615. The van der Waals surface area contributed by atoms with Gasteiger partial charge in [-0.05, 0) is 18.4 Å². The number of benzene rings is 1. The average molecular weight is 312 g/mol. The molecule has 1 aromatic carbocycles. The van der Waals surface area contributed by atoms with Crippen LogP contribution in [0.3, 0.4) is 0 Å². The molecule has 0 spiro atoms. The van der Waals surface area contributed by atoms with Gasteiger partial charge in [0.25, 0.3) is 10.2 Å². The minimum atomic E-state index is -3.60. The highest BCUT2D eigenvalue weighted by Crippen LogP contribution is 2.24. The van der Waals surface area contributed by atoms with Crippen LogP contribution in [0, 0.1) is 0 Å². The van der Waals surface area contributed by atoms with E-state index in [0.717, 1.165) is 31.2 Å². The van der Waals surface area contributed by atoms with Crippen molar-refractivity contribution in [1.82, 2.24) is 9.03 Å². The van der Waals surface area contributed by atoms with Gasteiger partial charge in [0.1, 0.15) is 0 Å². The fourth-order valence-corrected chi connectivity index (χ4v) is 4.14. The molecule has 1 saturated carbocycles. The molecular formula is C15H24N2O3S. The molecule has 0 saturated heterocycles. The van der Waals surface area contributed by atoms with E-state index in [-0.39, 0.29) is 12.6 Å². The number of hydrogen-bond acceptors (Lipinski definition) is 3. The lowest BCUT2D eigenvalue weighted by Crippen LogP contribution is -2.46. The van der Waals surface area contributed by atoms with Crippen LogP contribution < -0.4 is 4.72 Å². The molecule has 0 heterocycles. The first-order valence-electron chi connectivity index (χ1n) is 7.45. The van der Waals surface area contributed by atoms with Crippen molar-refractivity contribution in [2.45, 2.75) is 44.2 Å². The monoisotopic (exact) mass is 312 g/mol. The first-order valence-corrected chi connectivity index (χ1v) is 8.89. The second kappa shape index (κ2) is 7.35. The summed E-state index contributed by atoms with van der Waals surface area (Å²) in [6, 6.07) is 8.59. The third kappa shape index (κ3) is 4.26. The molecule has 6 heteroatoms. The van der Waals surface area contributed by atoms with E-state index in [4.69, 9.17) is 0 Å². The molecule has 1 aliphatic rings. The quantitative estimate of drug-likeness (QED) is 0.842. The van der Waals surface area contributed by atoms with Crippen LogP contribution in [0.2, 0.25) is 0 Å². The molecular weight excluding hydrogens is 288 g/mol. The van der Waals surface area contributed by atoms with Crippen LogP contribution in [0.1, 0.15) is 43.7 Å². The van der Waals surface area contributed by atoms with Gasteiger partial charge in [0, 0.05) is 13.1 Å². The molecule has 1 fully saturated rings. The summed E-state index contributed by atoms with van der Waals surface area (Å²) in [6.07, 6.45) is 5.15. The normalized spacial score (nSPS) is 18.8. The van der Waals surface area contributed by atoms with E-state index in [0.29, 0.717) is 0 Å². The van der Waals surface area contributed by atoms with Crippen molar-refractivity contribution >= 4 is 10.2 Å². The third-order valence-corrected chi connectivity index (χ3v) is 5.78. The van der Waals surface area contributed by atoms with Gasteiger partial charge in [-0.1, -0.05) is 49.6 Å². The number of aliphatic hydroxyl groups is 1. The molecule has 21 heavy (non-hydrogen) atoms. The zero-order valence-corrected chi connectivity index (χ0v) is 13.2. The summed E-state index contributed by atoms with van der Waals surface area (Å²) >= 11 is 0. The first kappa shape index (κ1) is 16.4. The Labute approximate surface area is 127 Å². The van der Waals surface area contributed by atoms with Crippen LogP contribution in [-0.4, -0.2) is 37.5 Å². The van der Waals surface area contributed by atoms with Crippen molar-refractivity contribution in [3.8, 4) is 0 Å². The van der Waals surface area contributed by atoms with E-state index >= 15 is 0 Å². The lowest BCUT2D eigenvalue weighted by atomic mass is 9.96. The standard InChI is InChI=1S/C15H24N2O3S/c1-17(14-10-6-3-7-11-14)21(19,20)16-15(12-18)13-8-4-2-5-9-13/h2,4-5,8-9,14-16,18H,3,6-7,10-12H2,1H3/t15-/m1/s1. The summed E-state index contributed by atoms with van der Waals surface area (Å²) in [4.78, 5) is 0. The molecule has 2 N–H and O–H groups in total. The Morgan fingerprint density at radius 2 is 1.86 bits per heavy atom. The molecule has 0 radical (unpaired) electrons. The summed E-state index contributed by atoms with van der Waals surface area (Å²) in [5, 5.41) is 9.49. The van der Waals surface area contributed by atoms with E-state index in [1.807, 2.05) is 30.3 Å². The SMILES string of the molecule is CN(C1CCCCC1)S(=O)(=O)N[C@H](CO)c1ccccc1. The maximum atomic E-state index is 12.5. The second-order valence-electron chi connectivity index (χ2n) is 5.58. The summed E-state index contributed by atoms with van der Waals surface area (Å²) in [7, 11) is -1.97. The molecule has 0 unspecified atom stereocenters. The predicted molar refractivity (Wildman–Crippen MR) is 83.0 cm³/mol. The maximum absolute atomic E-state index is 12.5. The third-order valence-electron chi connectivity index (χ3n) is 4.14. The fraction of sp³-hybridized carbons (Fsp3) is 0.600. The summed E-state index contributed by atoms with van der Waals surface area (Å²) in [5.41, 5.74) is 0.764. The van der Waals surface area contributed by atoms with Gasteiger partial charge in [-0.15, -0.1) is 0 Å². The van der Waals surface area contributed by atoms with Crippen molar-refractivity contribution in [3.63, 3.8) is 0 Å². The van der Waals surface area contributed by atoms with Gasteiger partial charge in [-0.3, -0.25) is 0 Å². The number of nitrogens with one attached hydrogen (secondary N) is 1. The van der Waals surface area contributed by atoms with Gasteiger partial charge in [0.2, 0.25) is 0 Å². The second-order valence-corrected chi connectivity index (χ2v) is 7.34. The maximum Gasteiger partial charge on any atom is 0.280 e. The predicted octanol–water partition coefficient (Wildman–Crippen LogP) is 1.82. The van der Waals surface area contributed by atoms with Gasteiger partial charge in [0.05, 0.1) is 12.6 Å². The van der Waals surface area contributed by atoms with E-state index < -0.39 is 16.3 Å². The molecule has 0 aliphatic heterocycles. The van der Waals surface area contributed by atoms with Gasteiger partial charge >= 0.3 is 0 Å². The lowest BCUT2D eigenvalue weighted by Gasteiger charge is -2.31. The highest BCUT2D eigenvalue weighted by molar-refractivity contribution is 7.87. The lowest BCUT2D eigenvalue weighted by molar-refractivity contribution is 0.249. The molecule has 0 bridgehead atoms. The summed E-state index contributed by atoms with van der Waals surface area (Å²) in [5.74, 6) is 0. The zero-order valence-electron chi connectivity index (χ0n) is 12.4. The Morgan fingerprint density at radius 1 is 1.24 bits per heavy atom. The summed E-state index contributed by atoms with van der Waals surface area (Å²) < 4.78 is 29.0. The van der Waals surface area contributed by atoms with Crippen LogP contribution in [-0.2, 0) is 10.2 Å². The van der Waals surface area contributed by atoms with Crippen molar-refractivity contribution < 1.29 is 13.5 Å². The largest absolute Gasteiger partial charge is 0.394 e. The fourth-order valence-electron chi connectivity index (χ4n) is 2.80. The molecule has 1 atom stereocenters. The Hall–Kier alpha value is -0.950. The van der Waals surface area contributed by atoms with Gasteiger partial charge < -0.3 is 5.11 Å². The smallest absolute Gasteiger partial charge is 0.280 e. The molecule has 2 rings (SSSR count). The highest BCUT2D eigenvalue weighted by atomic mass is 32.2. The van der Waals surface area contributed by atoms with Crippen LogP contribution in [0.15, 0.2) is 30.3 Å². The van der Waals surface area contributed by atoms with E-state index in [9.17, 15) is 13.5 Å². The van der Waals surface area contributed by atoms with Crippen LogP contribution in [0.25, 0.3) is 0 Å². The molecule has 1 aliphatic carbocycles. The van der Waals surface area contributed by atoms with Crippen LogP contribution in [0.5, 0.6) is 0 Å². The van der Waals surface area contributed by atoms with Crippen molar-refractivity contribution in [1.29, 1.82) is 0 Å². The van der Waals surface area contributed by atoms with Crippen molar-refractivity contribution in [2.24, 2.45) is 0 Å².